The first-order chi connectivity index (χ1) is 7.77. The summed E-state index contributed by atoms with van der Waals surface area (Å²) in [6.45, 7) is 5.56. The highest BCUT2D eigenvalue weighted by molar-refractivity contribution is 5.29. The van der Waals surface area contributed by atoms with Gasteiger partial charge in [0.2, 0.25) is 5.95 Å². The van der Waals surface area contributed by atoms with Gasteiger partial charge in [0.15, 0.2) is 0 Å². The van der Waals surface area contributed by atoms with E-state index in [4.69, 9.17) is 5.73 Å². The molecule has 0 spiro atoms. The Morgan fingerprint density at radius 3 is 2.81 bits per heavy atom. The second-order valence-corrected chi connectivity index (χ2v) is 3.98. The van der Waals surface area contributed by atoms with Crippen molar-refractivity contribution in [2.45, 2.75) is 39.5 Å². The number of aryl methyl sites for hydroxylation is 2. The summed E-state index contributed by atoms with van der Waals surface area (Å²) in [6.07, 6.45) is 6.74. The van der Waals surface area contributed by atoms with Crippen LogP contribution in [0.2, 0.25) is 0 Å². The summed E-state index contributed by atoms with van der Waals surface area (Å²) in [5.74, 6) is 0.683. The molecule has 0 saturated carbocycles. The summed E-state index contributed by atoms with van der Waals surface area (Å²) in [7, 11) is 0. The topological polar surface area (TPSA) is 63.8 Å². The molecule has 0 saturated heterocycles. The highest BCUT2D eigenvalue weighted by Crippen LogP contribution is 2.10. The zero-order valence-corrected chi connectivity index (χ0v) is 10.3. The molecule has 1 aromatic heterocycles. The normalized spacial score (nSPS) is 10.4. The van der Waals surface area contributed by atoms with Crippen molar-refractivity contribution < 1.29 is 0 Å². The van der Waals surface area contributed by atoms with Crippen LogP contribution in [-0.2, 0) is 6.42 Å². The molecule has 1 rings (SSSR count). The van der Waals surface area contributed by atoms with E-state index in [-0.39, 0.29) is 0 Å². The Labute approximate surface area is 97.7 Å². The van der Waals surface area contributed by atoms with Crippen molar-refractivity contribution in [3.63, 3.8) is 0 Å². The maximum absolute atomic E-state index is 5.41. The van der Waals surface area contributed by atoms with Gasteiger partial charge in [0, 0.05) is 25.0 Å². The van der Waals surface area contributed by atoms with E-state index in [1.165, 1.54) is 24.8 Å². The Morgan fingerprint density at radius 2 is 2.19 bits per heavy atom. The van der Waals surface area contributed by atoms with Crippen LogP contribution in [0.4, 0.5) is 5.95 Å². The fourth-order valence-electron chi connectivity index (χ4n) is 1.57. The minimum absolute atomic E-state index is 0.598. The highest BCUT2D eigenvalue weighted by Gasteiger charge is 2.02. The van der Waals surface area contributed by atoms with Crippen molar-refractivity contribution in [1.29, 1.82) is 0 Å². The average molecular weight is 222 g/mol. The Kier molecular flexibility index (Phi) is 5.78. The van der Waals surface area contributed by atoms with Crippen molar-refractivity contribution in [3.05, 3.63) is 17.5 Å². The first-order valence-corrected chi connectivity index (χ1v) is 6.04. The van der Waals surface area contributed by atoms with Gasteiger partial charge in [-0.25, -0.2) is 9.97 Å². The van der Waals surface area contributed by atoms with Crippen molar-refractivity contribution in [3.8, 4) is 0 Å². The van der Waals surface area contributed by atoms with Crippen LogP contribution in [0.1, 0.15) is 37.4 Å². The molecule has 0 aliphatic heterocycles. The highest BCUT2D eigenvalue weighted by atomic mass is 15.1. The number of rotatable bonds is 7. The number of hydrogen-bond acceptors (Lipinski definition) is 4. The smallest absolute Gasteiger partial charge is 0.222 e. The van der Waals surface area contributed by atoms with Crippen molar-refractivity contribution in [2.24, 2.45) is 5.73 Å². The summed E-state index contributed by atoms with van der Waals surface area (Å²) in [6, 6.07) is 0. The third-order valence-electron chi connectivity index (χ3n) is 2.56. The lowest BCUT2D eigenvalue weighted by molar-refractivity contribution is 0.711. The van der Waals surface area contributed by atoms with Crippen LogP contribution in [0.5, 0.6) is 0 Å². The van der Waals surface area contributed by atoms with Gasteiger partial charge in [-0.2, -0.15) is 0 Å². The van der Waals surface area contributed by atoms with Crippen LogP contribution in [-0.4, -0.2) is 23.1 Å². The average Bonchev–Trinajstić information content (AvgIpc) is 2.29. The van der Waals surface area contributed by atoms with Crippen LogP contribution in [0.3, 0.4) is 0 Å². The SMILES string of the molecule is CCCCCc1cnc(NCCN)nc1C. The van der Waals surface area contributed by atoms with Crippen molar-refractivity contribution in [2.75, 3.05) is 18.4 Å². The van der Waals surface area contributed by atoms with E-state index in [2.05, 4.69) is 22.2 Å². The minimum Gasteiger partial charge on any atom is -0.353 e. The fourth-order valence-corrected chi connectivity index (χ4v) is 1.57. The molecule has 3 N–H and O–H groups in total. The van der Waals surface area contributed by atoms with Gasteiger partial charge in [0.1, 0.15) is 0 Å². The van der Waals surface area contributed by atoms with E-state index in [9.17, 15) is 0 Å². The molecule has 1 heterocycles. The third kappa shape index (κ3) is 4.14. The number of nitrogens with zero attached hydrogens (tertiary/aromatic N) is 2. The summed E-state index contributed by atoms with van der Waals surface area (Å²) < 4.78 is 0. The standard InChI is InChI=1S/C12H22N4/c1-3-4-5-6-11-9-15-12(14-8-7-13)16-10(11)2/h9H,3-8,13H2,1-2H3,(H,14,15,16). The number of unbranched alkanes of at least 4 members (excludes halogenated alkanes) is 2. The first kappa shape index (κ1) is 12.9. The monoisotopic (exact) mass is 222 g/mol. The van der Waals surface area contributed by atoms with Crippen molar-refractivity contribution in [1.82, 2.24) is 9.97 Å². The molecule has 16 heavy (non-hydrogen) atoms. The zero-order valence-electron chi connectivity index (χ0n) is 10.3. The fraction of sp³-hybridized carbons (Fsp3) is 0.667. The van der Waals surface area contributed by atoms with Gasteiger partial charge >= 0.3 is 0 Å². The number of anilines is 1. The molecule has 0 aliphatic rings. The number of aromatic nitrogens is 2. The van der Waals surface area contributed by atoms with E-state index in [1.807, 2.05) is 13.1 Å². The van der Waals surface area contributed by atoms with Crippen LogP contribution in [0, 0.1) is 6.92 Å². The molecule has 0 radical (unpaired) electrons. The number of nitrogens with two attached hydrogens (primary N) is 1. The lowest BCUT2D eigenvalue weighted by Crippen LogP contribution is -2.15. The molecule has 0 aromatic carbocycles. The third-order valence-corrected chi connectivity index (χ3v) is 2.56. The molecular formula is C12H22N4. The summed E-state index contributed by atoms with van der Waals surface area (Å²) in [5.41, 5.74) is 7.74. The molecule has 0 bridgehead atoms. The van der Waals surface area contributed by atoms with E-state index in [0.29, 0.717) is 19.0 Å². The first-order valence-electron chi connectivity index (χ1n) is 6.04. The number of hydrogen-bond donors (Lipinski definition) is 2. The second-order valence-electron chi connectivity index (χ2n) is 3.98. The second kappa shape index (κ2) is 7.17. The largest absolute Gasteiger partial charge is 0.353 e. The van der Waals surface area contributed by atoms with E-state index in [1.54, 1.807) is 0 Å². The summed E-state index contributed by atoms with van der Waals surface area (Å²) >= 11 is 0. The molecule has 0 amide bonds. The Morgan fingerprint density at radius 1 is 1.38 bits per heavy atom. The minimum atomic E-state index is 0.598. The van der Waals surface area contributed by atoms with Gasteiger partial charge < -0.3 is 11.1 Å². The van der Waals surface area contributed by atoms with E-state index < -0.39 is 0 Å². The quantitative estimate of drug-likeness (QED) is 0.691. The molecule has 0 aliphatic carbocycles. The number of nitrogens with one attached hydrogen (secondary N) is 1. The molecule has 0 unspecified atom stereocenters. The van der Waals surface area contributed by atoms with Crippen LogP contribution < -0.4 is 11.1 Å². The molecule has 90 valence electrons. The molecule has 0 fully saturated rings. The zero-order chi connectivity index (χ0) is 11.8. The molecule has 4 nitrogen and oxygen atoms in total. The van der Waals surface area contributed by atoms with Gasteiger partial charge in [-0.3, -0.25) is 0 Å². The van der Waals surface area contributed by atoms with Gasteiger partial charge in [0.05, 0.1) is 0 Å². The van der Waals surface area contributed by atoms with Gasteiger partial charge in [-0.05, 0) is 25.3 Å². The van der Waals surface area contributed by atoms with E-state index in [0.717, 1.165) is 12.1 Å². The van der Waals surface area contributed by atoms with Crippen LogP contribution >= 0.6 is 0 Å². The Balaban J connectivity index is 2.53. The molecule has 1 aromatic rings. The molecule has 0 atom stereocenters. The predicted octanol–water partition coefficient (Wildman–Crippen LogP) is 1.89. The van der Waals surface area contributed by atoms with E-state index >= 15 is 0 Å². The van der Waals surface area contributed by atoms with Gasteiger partial charge in [-0.15, -0.1) is 0 Å². The summed E-state index contributed by atoms with van der Waals surface area (Å²) in [4.78, 5) is 8.69. The Bertz CT molecular complexity index is 312. The summed E-state index contributed by atoms with van der Waals surface area (Å²) in [5, 5.41) is 3.08. The lowest BCUT2D eigenvalue weighted by Gasteiger charge is -2.07. The van der Waals surface area contributed by atoms with Crippen molar-refractivity contribution >= 4 is 5.95 Å². The lowest BCUT2D eigenvalue weighted by atomic mass is 10.1. The molecular weight excluding hydrogens is 200 g/mol. The predicted molar refractivity (Wildman–Crippen MR) is 67.5 cm³/mol. The van der Waals surface area contributed by atoms with Gasteiger partial charge in [0.25, 0.3) is 0 Å². The Hall–Kier alpha value is -1.16. The maximum atomic E-state index is 5.41. The van der Waals surface area contributed by atoms with Crippen LogP contribution in [0.15, 0.2) is 6.20 Å². The maximum Gasteiger partial charge on any atom is 0.222 e. The van der Waals surface area contributed by atoms with Gasteiger partial charge in [-0.1, -0.05) is 19.8 Å². The van der Waals surface area contributed by atoms with Crippen LogP contribution in [0.25, 0.3) is 0 Å². The molecule has 4 heteroatoms.